The highest BCUT2D eigenvalue weighted by Gasteiger charge is 2.31. The normalized spacial score (nSPS) is 16.0. The fourth-order valence-electron chi connectivity index (χ4n) is 3.18. The third-order valence-corrected chi connectivity index (χ3v) is 6.45. The van der Waals surface area contributed by atoms with E-state index < -0.39 is 6.04 Å². The number of allylic oxidation sites excluding steroid dienone is 1. The Bertz CT molecular complexity index is 955. The number of methoxy groups -OCH3 is 1. The van der Waals surface area contributed by atoms with Gasteiger partial charge in [0.2, 0.25) is 0 Å². The van der Waals surface area contributed by atoms with Gasteiger partial charge in [0, 0.05) is 16.3 Å². The van der Waals surface area contributed by atoms with Crippen LogP contribution in [0.5, 0.6) is 5.75 Å². The molecule has 2 aromatic rings. The van der Waals surface area contributed by atoms with Crippen LogP contribution in [0.25, 0.3) is 0 Å². The van der Waals surface area contributed by atoms with Crippen molar-refractivity contribution in [2.75, 3.05) is 20.0 Å². The summed E-state index contributed by atoms with van der Waals surface area (Å²) in [5.74, 6) is 1.27. The van der Waals surface area contributed by atoms with Gasteiger partial charge in [-0.3, -0.25) is 0 Å². The van der Waals surface area contributed by atoms with Gasteiger partial charge in [-0.15, -0.1) is 11.8 Å². The molecule has 1 unspecified atom stereocenters. The van der Waals surface area contributed by atoms with Crippen LogP contribution in [0.15, 0.2) is 69.7 Å². The molecule has 0 fully saturated rings. The van der Waals surface area contributed by atoms with Crippen molar-refractivity contribution in [2.45, 2.75) is 30.5 Å². The molecular weight excluding hydrogens is 416 g/mol. The van der Waals surface area contributed by atoms with E-state index >= 15 is 0 Å². The predicted octanol–water partition coefficient (Wildman–Crippen LogP) is 5.19. The zero-order valence-electron chi connectivity index (χ0n) is 17.6. The zero-order chi connectivity index (χ0) is 21.5. The molecule has 2 aromatic carbocycles. The third-order valence-electron chi connectivity index (χ3n) is 4.68. The highest BCUT2D eigenvalue weighted by molar-refractivity contribution is 8.13. The quantitative estimate of drug-likeness (QED) is 0.470. The second-order valence-corrected chi connectivity index (χ2v) is 8.41. The van der Waals surface area contributed by atoms with E-state index in [-0.39, 0.29) is 5.97 Å². The number of benzene rings is 2. The van der Waals surface area contributed by atoms with E-state index in [4.69, 9.17) is 14.5 Å². The standard InChI is InChI=1S/C23H26N2O3S2/c1-5-28-22(26)20-15(2)24-23(30-14-16-10-12-17(27-3)13-11-16)25-21(20)18-8-6-7-9-19(18)29-4/h6-13,21H,5,14H2,1-4H3,(H,24,25). The molecule has 0 aliphatic carbocycles. The van der Waals surface area contributed by atoms with Crippen molar-refractivity contribution in [1.82, 2.24) is 5.32 Å². The molecule has 158 valence electrons. The number of amidine groups is 1. The summed E-state index contributed by atoms with van der Waals surface area (Å²) in [6.45, 7) is 4.05. The third kappa shape index (κ3) is 5.21. The van der Waals surface area contributed by atoms with Crippen molar-refractivity contribution in [2.24, 2.45) is 4.99 Å². The van der Waals surface area contributed by atoms with Crippen molar-refractivity contribution in [1.29, 1.82) is 0 Å². The maximum Gasteiger partial charge on any atom is 0.338 e. The lowest BCUT2D eigenvalue weighted by atomic mass is 9.96. The summed E-state index contributed by atoms with van der Waals surface area (Å²) in [6, 6.07) is 15.7. The first-order chi connectivity index (χ1) is 14.6. The van der Waals surface area contributed by atoms with Gasteiger partial charge in [0.1, 0.15) is 11.8 Å². The zero-order valence-corrected chi connectivity index (χ0v) is 19.2. The van der Waals surface area contributed by atoms with Gasteiger partial charge >= 0.3 is 5.97 Å². The van der Waals surface area contributed by atoms with Gasteiger partial charge in [0.05, 0.1) is 19.3 Å². The maximum atomic E-state index is 12.7. The Labute approximate surface area is 186 Å². The molecule has 30 heavy (non-hydrogen) atoms. The fraction of sp³-hybridized carbons (Fsp3) is 0.304. The van der Waals surface area contributed by atoms with E-state index in [0.29, 0.717) is 12.2 Å². The van der Waals surface area contributed by atoms with Gasteiger partial charge in [-0.2, -0.15) is 0 Å². The molecule has 0 radical (unpaired) electrons. The van der Waals surface area contributed by atoms with Crippen LogP contribution in [0.2, 0.25) is 0 Å². The van der Waals surface area contributed by atoms with E-state index in [0.717, 1.165) is 32.8 Å². The average molecular weight is 443 g/mol. The van der Waals surface area contributed by atoms with Crippen molar-refractivity contribution in [3.05, 3.63) is 70.9 Å². The summed E-state index contributed by atoms with van der Waals surface area (Å²) in [6.07, 6.45) is 2.03. The average Bonchev–Trinajstić information content (AvgIpc) is 2.77. The molecule has 1 N–H and O–H groups in total. The van der Waals surface area contributed by atoms with Gasteiger partial charge < -0.3 is 14.8 Å². The molecule has 1 atom stereocenters. The molecule has 1 aliphatic heterocycles. The van der Waals surface area contributed by atoms with Crippen molar-refractivity contribution >= 4 is 34.7 Å². The maximum absolute atomic E-state index is 12.7. The summed E-state index contributed by atoms with van der Waals surface area (Å²) in [5, 5.41) is 4.09. The first-order valence-electron chi connectivity index (χ1n) is 9.68. The fourth-order valence-corrected chi connectivity index (χ4v) is 4.72. The molecule has 1 heterocycles. The Kier molecular flexibility index (Phi) is 7.87. The van der Waals surface area contributed by atoms with Crippen molar-refractivity contribution in [3.63, 3.8) is 0 Å². The highest BCUT2D eigenvalue weighted by Crippen LogP contribution is 2.37. The first kappa shape index (κ1) is 22.3. The van der Waals surface area contributed by atoms with E-state index in [2.05, 4.69) is 11.4 Å². The van der Waals surface area contributed by atoms with Gasteiger partial charge in [0.25, 0.3) is 0 Å². The van der Waals surface area contributed by atoms with Crippen molar-refractivity contribution in [3.8, 4) is 5.75 Å². The van der Waals surface area contributed by atoms with Crippen LogP contribution < -0.4 is 10.1 Å². The molecule has 1 aliphatic rings. The minimum Gasteiger partial charge on any atom is -0.497 e. The van der Waals surface area contributed by atoms with Crippen LogP contribution in [-0.2, 0) is 15.3 Å². The van der Waals surface area contributed by atoms with Crippen LogP contribution in [-0.4, -0.2) is 31.1 Å². The second kappa shape index (κ2) is 10.6. The lowest BCUT2D eigenvalue weighted by Crippen LogP contribution is -2.30. The van der Waals surface area contributed by atoms with Gasteiger partial charge in [0.15, 0.2) is 5.17 Å². The highest BCUT2D eigenvalue weighted by atomic mass is 32.2. The lowest BCUT2D eigenvalue weighted by Gasteiger charge is -2.26. The summed E-state index contributed by atoms with van der Waals surface area (Å²) in [5.41, 5.74) is 3.52. The molecule has 0 saturated carbocycles. The first-order valence-corrected chi connectivity index (χ1v) is 11.9. The van der Waals surface area contributed by atoms with Crippen LogP contribution in [0.4, 0.5) is 0 Å². The minimum absolute atomic E-state index is 0.327. The van der Waals surface area contributed by atoms with Gasteiger partial charge in [-0.05, 0) is 49.4 Å². The Hall–Kier alpha value is -2.38. The predicted molar refractivity (Wildman–Crippen MR) is 125 cm³/mol. The van der Waals surface area contributed by atoms with E-state index in [1.807, 2.05) is 62.6 Å². The number of hydrogen-bond acceptors (Lipinski definition) is 7. The molecule has 0 amide bonds. The van der Waals surface area contributed by atoms with E-state index in [1.54, 1.807) is 30.6 Å². The number of rotatable bonds is 7. The van der Waals surface area contributed by atoms with E-state index in [9.17, 15) is 4.79 Å². The number of ether oxygens (including phenoxy) is 2. The Balaban J connectivity index is 1.89. The smallest absolute Gasteiger partial charge is 0.338 e. The van der Waals surface area contributed by atoms with Gasteiger partial charge in [-0.25, -0.2) is 9.79 Å². The Morgan fingerprint density at radius 1 is 1.17 bits per heavy atom. The number of carbonyl (C=O) groups is 1. The van der Waals surface area contributed by atoms with Gasteiger partial charge in [-0.1, -0.05) is 42.1 Å². The minimum atomic E-state index is -0.396. The molecule has 0 aromatic heterocycles. The lowest BCUT2D eigenvalue weighted by molar-refractivity contribution is -0.138. The molecule has 3 rings (SSSR count). The molecule has 0 spiro atoms. The number of carbonyl (C=O) groups excluding carboxylic acids is 1. The largest absolute Gasteiger partial charge is 0.497 e. The molecule has 0 bridgehead atoms. The SMILES string of the molecule is CCOC(=O)C1=C(C)NC(SCc2ccc(OC)cc2)=NC1c1ccccc1SC. The summed E-state index contributed by atoms with van der Waals surface area (Å²) in [4.78, 5) is 18.7. The van der Waals surface area contributed by atoms with Crippen LogP contribution in [0.1, 0.15) is 31.0 Å². The Morgan fingerprint density at radius 2 is 1.90 bits per heavy atom. The monoisotopic (exact) mass is 442 g/mol. The molecular formula is C23H26N2O3S2. The summed E-state index contributed by atoms with van der Waals surface area (Å²) < 4.78 is 10.6. The Morgan fingerprint density at radius 3 is 2.57 bits per heavy atom. The number of esters is 1. The number of thioether (sulfide) groups is 2. The topological polar surface area (TPSA) is 59.9 Å². The number of nitrogens with one attached hydrogen (secondary N) is 1. The van der Waals surface area contributed by atoms with Crippen molar-refractivity contribution < 1.29 is 14.3 Å². The summed E-state index contributed by atoms with van der Waals surface area (Å²) >= 11 is 3.26. The van der Waals surface area contributed by atoms with Crippen LogP contribution in [0, 0.1) is 0 Å². The van der Waals surface area contributed by atoms with Crippen LogP contribution in [0.3, 0.4) is 0 Å². The number of aliphatic imine (C=N–C) groups is 1. The van der Waals surface area contributed by atoms with Crippen LogP contribution >= 0.6 is 23.5 Å². The molecule has 5 nitrogen and oxygen atoms in total. The second-order valence-electron chi connectivity index (χ2n) is 6.60. The molecule has 7 heteroatoms. The number of nitrogens with zero attached hydrogens (tertiary/aromatic N) is 1. The van der Waals surface area contributed by atoms with E-state index in [1.165, 1.54) is 5.56 Å². The molecule has 0 saturated heterocycles. The summed E-state index contributed by atoms with van der Waals surface area (Å²) in [7, 11) is 1.66. The number of hydrogen-bond donors (Lipinski definition) is 1.